The van der Waals surface area contributed by atoms with Gasteiger partial charge in [-0.15, -0.1) is 0 Å². The van der Waals surface area contributed by atoms with Crippen molar-refractivity contribution in [3.05, 3.63) is 58.6 Å². The van der Waals surface area contributed by atoms with Crippen LogP contribution in [0.15, 0.2) is 47.6 Å². The van der Waals surface area contributed by atoms with E-state index in [1.807, 2.05) is 18.2 Å². The number of nitrogens with one attached hydrogen (secondary N) is 1. The third kappa shape index (κ3) is 5.52. The molecule has 1 N–H and O–H groups in total. The summed E-state index contributed by atoms with van der Waals surface area (Å²) in [4.78, 5) is 11.2. The Bertz CT molecular complexity index is 815. The van der Waals surface area contributed by atoms with Crippen molar-refractivity contribution in [2.45, 2.75) is 13.0 Å². The number of carbonyl (C=O) groups is 1. The minimum Gasteiger partial charge on any atom is -0.493 e. The van der Waals surface area contributed by atoms with Gasteiger partial charge in [-0.1, -0.05) is 29.8 Å². The highest BCUT2D eigenvalue weighted by molar-refractivity contribution is 6.31. The first-order valence-electron chi connectivity index (χ1n) is 7.37. The Morgan fingerprint density at radius 3 is 2.84 bits per heavy atom. The molecule has 0 saturated heterocycles. The van der Waals surface area contributed by atoms with Crippen LogP contribution >= 0.6 is 11.6 Å². The number of amides is 1. The van der Waals surface area contributed by atoms with Gasteiger partial charge in [-0.2, -0.15) is 10.4 Å². The van der Waals surface area contributed by atoms with Crippen LogP contribution in [0.4, 0.5) is 0 Å². The van der Waals surface area contributed by atoms with Crippen LogP contribution in [0, 0.1) is 11.3 Å². The molecular formula is C18H16ClN3O3. The lowest BCUT2D eigenvalue weighted by molar-refractivity contribution is -0.120. The van der Waals surface area contributed by atoms with Crippen molar-refractivity contribution in [2.75, 3.05) is 7.11 Å². The van der Waals surface area contributed by atoms with Crippen molar-refractivity contribution in [3.8, 4) is 17.6 Å². The molecule has 0 spiro atoms. The summed E-state index contributed by atoms with van der Waals surface area (Å²) in [5.74, 6) is 0.623. The predicted octanol–water partition coefficient (Wildman–Crippen LogP) is 3.29. The number of nitriles is 1. The van der Waals surface area contributed by atoms with Gasteiger partial charge in [0.05, 0.1) is 19.4 Å². The highest BCUT2D eigenvalue weighted by Gasteiger charge is 2.07. The van der Waals surface area contributed by atoms with Crippen molar-refractivity contribution in [1.29, 1.82) is 5.26 Å². The molecule has 2 aromatic rings. The lowest BCUT2D eigenvalue weighted by atomic mass is 10.2. The van der Waals surface area contributed by atoms with Crippen LogP contribution in [0.5, 0.6) is 11.5 Å². The number of hydrogen-bond acceptors (Lipinski definition) is 5. The quantitative estimate of drug-likeness (QED) is 0.608. The van der Waals surface area contributed by atoms with Crippen molar-refractivity contribution < 1.29 is 14.3 Å². The van der Waals surface area contributed by atoms with E-state index in [-0.39, 0.29) is 6.42 Å². The SMILES string of the molecule is COc1cc(/C=N/NC(=O)CC#N)ccc1OCc1ccccc1Cl. The zero-order valence-electron chi connectivity index (χ0n) is 13.5. The summed E-state index contributed by atoms with van der Waals surface area (Å²) in [6.07, 6.45) is 1.21. The smallest absolute Gasteiger partial charge is 0.254 e. The van der Waals surface area contributed by atoms with Crippen molar-refractivity contribution in [3.63, 3.8) is 0 Å². The second-order valence-corrected chi connectivity index (χ2v) is 5.33. The molecule has 2 aromatic carbocycles. The molecule has 0 aliphatic heterocycles. The fourth-order valence-corrected chi connectivity index (χ4v) is 2.14. The molecule has 1 amide bonds. The molecule has 7 heteroatoms. The van der Waals surface area contributed by atoms with Crippen LogP contribution in [-0.2, 0) is 11.4 Å². The number of carbonyl (C=O) groups excluding carboxylic acids is 1. The number of rotatable bonds is 7. The largest absolute Gasteiger partial charge is 0.493 e. The van der Waals surface area contributed by atoms with Gasteiger partial charge in [0.2, 0.25) is 0 Å². The number of methoxy groups -OCH3 is 1. The van der Waals surface area contributed by atoms with Gasteiger partial charge in [0, 0.05) is 10.6 Å². The molecule has 6 nitrogen and oxygen atoms in total. The fourth-order valence-electron chi connectivity index (χ4n) is 1.94. The van der Waals surface area contributed by atoms with Crippen LogP contribution in [0.3, 0.4) is 0 Å². The van der Waals surface area contributed by atoms with E-state index in [0.29, 0.717) is 28.7 Å². The van der Waals surface area contributed by atoms with E-state index in [9.17, 15) is 4.79 Å². The minimum absolute atomic E-state index is 0.241. The van der Waals surface area contributed by atoms with E-state index in [4.69, 9.17) is 26.3 Å². The van der Waals surface area contributed by atoms with Gasteiger partial charge in [-0.05, 0) is 29.8 Å². The fraction of sp³-hybridized carbons (Fsp3) is 0.167. The topological polar surface area (TPSA) is 83.7 Å². The summed E-state index contributed by atoms with van der Waals surface area (Å²) in [5.41, 5.74) is 3.84. The lowest BCUT2D eigenvalue weighted by Gasteiger charge is -2.12. The molecule has 0 aliphatic rings. The standard InChI is InChI=1S/C18H16ClN3O3/c1-24-17-10-13(11-21-22-18(23)8-9-20)6-7-16(17)25-12-14-4-2-3-5-15(14)19/h2-7,10-11H,8,12H2,1H3,(H,22,23)/b21-11+. The molecule has 0 aliphatic carbocycles. The molecule has 0 bridgehead atoms. The molecule has 25 heavy (non-hydrogen) atoms. The van der Waals surface area contributed by atoms with Crippen LogP contribution < -0.4 is 14.9 Å². The lowest BCUT2D eigenvalue weighted by Crippen LogP contribution is -2.16. The van der Waals surface area contributed by atoms with Crippen LogP contribution in [0.2, 0.25) is 5.02 Å². The second kappa shape index (κ2) is 9.30. The summed E-state index contributed by atoms with van der Waals surface area (Å²) in [7, 11) is 1.54. The average molecular weight is 358 g/mol. The highest BCUT2D eigenvalue weighted by atomic mass is 35.5. The monoisotopic (exact) mass is 357 g/mol. The van der Waals surface area contributed by atoms with Gasteiger partial charge in [0.1, 0.15) is 13.0 Å². The molecule has 0 fully saturated rings. The van der Waals surface area contributed by atoms with Gasteiger partial charge < -0.3 is 9.47 Å². The normalized spacial score (nSPS) is 10.3. The van der Waals surface area contributed by atoms with Crippen LogP contribution in [-0.4, -0.2) is 19.2 Å². The molecule has 0 heterocycles. The third-order valence-corrected chi connectivity index (χ3v) is 3.54. The van der Waals surface area contributed by atoms with E-state index >= 15 is 0 Å². The minimum atomic E-state index is -0.467. The summed E-state index contributed by atoms with van der Waals surface area (Å²) in [5, 5.41) is 12.8. The Morgan fingerprint density at radius 1 is 1.32 bits per heavy atom. The molecule has 0 saturated carbocycles. The Labute approximate surface area is 150 Å². The van der Waals surface area contributed by atoms with E-state index in [2.05, 4.69) is 10.5 Å². The number of hydrogen-bond donors (Lipinski definition) is 1. The highest BCUT2D eigenvalue weighted by Crippen LogP contribution is 2.29. The van der Waals surface area contributed by atoms with Crippen molar-refractivity contribution in [1.82, 2.24) is 5.43 Å². The van der Waals surface area contributed by atoms with E-state index in [1.54, 1.807) is 30.3 Å². The van der Waals surface area contributed by atoms with Gasteiger partial charge in [-0.25, -0.2) is 5.43 Å². The Morgan fingerprint density at radius 2 is 2.12 bits per heavy atom. The summed E-state index contributed by atoms with van der Waals surface area (Å²) >= 11 is 6.11. The maximum Gasteiger partial charge on any atom is 0.254 e. The molecule has 128 valence electrons. The van der Waals surface area contributed by atoms with Gasteiger partial charge in [0.15, 0.2) is 11.5 Å². The average Bonchev–Trinajstić information content (AvgIpc) is 2.62. The number of hydrazone groups is 1. The van der Waals surface area contributed by atoms with Crippen molar-refractivity contribution >= 4 is 23.7 Å². The third-order valence-electron chi connectivity index (χ3n) is 3.17. The molecular weight excluding hydrogens is 342 g/mol. The maximum absolute atomic E-state index is 11.2. The molecule has 0 aromatic heterocycles. The van der Waals surface area contributed by atoms with Gasteiger partial charge in [0.25, 0.3) is 5.91 Å². The molecule has 2 rings (SSSR count). The molecule has 0 atom stereocenters. The molecule has 0 unspecified atom stereocenters. The first-order chi connectivity index (χ1) is 12.1. The second-order valence-electron chi connectivity index (χ2n) is 4.92. The van der Waals surface area contributed by atoms with Crippen LogP contribution in [0.25, 0.3) is 0 Å². The van der Waals surface area contributed by atoms with Gasteiger partial charge in [-0.3, -0.25) is 4.79 Å². The predicted molar refractivity (Wildman–Crippen MR) is 94.7 cm³/mol. The summed E-state index contributed by atoms with van der Waals surface area (Å²) in [6.45, 7) is 0.313. The number of halogens is 1. The number of nitrogens with zero attached hydrogens (tertiary/aromatic N) is 2. The van der Waals surface area contributed by atoms with Crippen LogP contribution in [0.1, 0.15) is 17.5 Å². The zero-order chi connectivity index (χ0) is 18.1. The number of benzene rings is 2. The first-order valence-corrected chi connectivity index (χ1v) is 7.75. The Hall–Kier alpha value is -3.04. The first kappa shape index (κ1) is 18.3. The molecule has 0 radical (unpaired) electrons. The zero-order valence-corrected chi connectivity index (χ0v) is 14.3. The van der Waals surface area contributed by atoms with E-state index in [0.717, 1.165) is 5.56 Å². The van der Waals surface area contributed by atoms with Crippen molar-refractivity contribution in [2.24, 2.45) is 5.10 Å². The summed E-state index contributed by atoms with van der Waals surface area (Å²) < 4.78 is 11.1. The number of ether oxygens (including phenoxy) is 2. The van der Waals surface area contributed by atoms with Gasteiger partial charge >= 0.3 is 0 Å². The van der Waals surface area contributed by atoms with E-state index in [1.165, 1.54) is 13.3 Å². The summed E-state index contributed by atoms with van der Waals surface area (Å²) in [6, 6.07) is 14.4. The van der Waals surface area contributed by atoms with E-state index < -0.39 is 5.91 Å². The Balaban J connectivity index is 2.04. The maximum atomic E-state index is 11.2. The Kier molecular flexibility index (Phi) is 6.81.